The van der Waals surface area contributed by atoms with Crippen molar-refractivity contribution in [3.63, 3.8) is 0 Å². The van der Waals surface area contributed by atoms with Crippen molar-refractivity contribution in [1.29, 1.82) is 0 Å². The quantitative estimate of drug-likeness (QED) is 0.776. The van der Waals surface area contributed by atoms with Gasteiger partial charge in [0.2, 0.25) is 5.91 Å². The van der Waals surface area contributed by atoms with Crippen molar-refractivity contribution in [2.75, 3.05) is 6.54 Å². The number of carboxylic acids is 1. The van der Waals surface area contributed by atoms with Crippen LogP contribution in [-0.4, -0.2) is 34.5 Å². The number of carbonyl (C=O) groups is 2. The van der Waals surface area contributed by atoms with Gasteiger partial charge in [0.05, 0.1) is 0 Å². The molecular weight excluding hydrogens is 218 g/mol. The van der Waals surface area contributed by atoms with Crippen molar-refractivity contribution in [2.45, 2.75) is 58.4 Å². The SMILES string of the molecule is CC(C)N(CCCC(=O)O)C(=O)C1CCCC1. The summed E-state index contributed by atoms with van der Waals surface area (Å²) in [6.45, 7) is 4.56. The van der Waals surface area contributed by atoms with E-state index in [2.05, 4.69) is 0 Å². The van der Waals surface area contributed by atoms with Crippen LogP contribution < -0.4 is 0 Å². The summed E-state index contributed by atoms with van der Waals surface area (Å²) in [7, 11) is 0. The van der Waals surface area contributed by atoms with E-state index in [1.54, 1.807) is 0 Å². The Bertz CT molecular complexity index is 270. The highest BCUT2D eigenvalue weighted by atomic mass is 16.4. The van der Waals surface area contributed by atoms with Crippen LogP contribution in [0.15, 0.2) is 0 Å². The van der Waals surface area contributed by atoms with Crippen molar-refractivity contribution in [3.05, 3.63) is 0 Å². The maximum absolute atomic E-state index is 12.2. The first-order chi connectivity index (χ1) is 8.02. The largest absolute Gasteiger partial charge is 0.481 e. The van der Waals surface area contributed by atoms with Crippen LogP contribution in [0, 0.1) is 5.92 Å². The molecule has 0 aliphatic heterocycles. The van der Waals surface area contributed by atoms with Crippen molar-refractivity contribution in [2.24, 2.45) is 5.92 Å². The van der Waals surface area contributed by atoms with E-state index in [1.165, 1.54) is 0 Å². The first-order valence-electron chi connectivity index (χ1n) is 6.54. The Hall–Kier alpha value is -1.06. The smallest absolute Gasteiger partial charge is 0.303 e. The van der Waals surface area contributed by atoms with E-state index >= 15 is 0 Å². The summed E-state index contributed by atoms with van der Waals surface area (Å²) in [5.41, 5.74) is 0. The second kappa shape index (κ2) is 6.62. The van der Waals surface area contributed by atoms with Crippen molar-refractivity contribution < 1.29 is 14.7 Å². The summed E-state index contributed by atoms with van der Waals surface area (Å²) in [5.74, 6) is -0.382. The average molecular weight is 241 g/mol. The Morgan fingerprint density at radius 1 is 1.29 bits per heavy atom. The molecule has 1 N–H and O–H groups in total. The normalized spacial score (nSPS) is 16.4. The highest BCUT2D eigenvalue weighted by molar-refractivity contribution is 5.79. The van der Waals surface area contributed by atoms with Gasteiger partial charge in [-0.2, -0.15) is 0 Å². The molecule has 17 heavy (non-hydrogen) atoms. The number of hydrogen-bond donors (Lipinski definition) is 1. The van der Waals surface area contributed by atoms with Gasteiger partial charge in [0.15, 0.2) is 0 Å². The van der Waals surface area contributed by atoms with Gasteiger partial charge in [-0.15, -0.1) is 0 Å². The predicted molar refractivity (Wildman–Crippen MR) is 65.7 cm³/mol. The van der Waals surface area contributed by atoms with E-state index in [0.29, 0.717) is 13.0 Å². The lowest BCUT2D eigenvalue weighted by Crippen LogP contribution is -2.41. The van der Waals surface area contributed by atoms with E-state index in [9.17, 15) is 9.59 Å². The zero-order valence-electron chi connectivity index (χ0n) is 10.8. The van der Waals surface area contributed by atoms with Gasteiger partial charge in [-0.3, -0.25) is 9.59 Å². The van der Waals surface area contributed by atoms with Crippen molar-refractivity contribution >= 4 is 11.9 Å². The molecule has 0 aromatic carbocycles. The van der Waals surface area contributed by atoms with Crippen LogP contribution in [0.1, 0.15) is 52.4 Å². The van der Waals surface area contributed by atoms with Gasteiger partial charge in [0, 0.05) is 24.9 Å². The third-order valence-electron chi connectivity index (χ3n) is 3.40. The highest BCUT2D eigenvalue weighted by Gasteiger charge is 2.28. The second-order valence-corrected chi connectivity index (χ2v) is 5.10. The minimum absolute atomic E-state index is 0.140. The molecule has 0 aromatic heterocycles. The number of rotatable bonds is 6. The minimum Gasteiger partial charge on any atom is -0.481 e. The molecule has 1 amide bonds. The van der Waals surface area contributed by atoms with Gasteiger partial charge in [-0.25, -0.2) is 0 Å². The molecule has 0 saturated heterocycles. The zero-order chi connectivity index (χ0) is 12.8. The molecule has 0 atom stereocenters. The van der Waals surface area contributed by atoms with Crippen molar-refractivity contribution in [3.8, 4) is 0 Å². The van der Waals surface area contributed by atoms with Gasteiger partial charge in [-0.1, -0.05) is 12.8 Å². The van der Waals surface area contributed by atoms with E-state index in [4.69, 9.17) is 5.11 Å². The summed E-state index contributed by atoms with van der Waals surface area (Å²) < 4.78 is 0. The van der Waals surface area contributed by atoms with E-state index in [-0.39, 0.29) is 24.3 Å². The molecule has 0 aromatic rings. The number of carbonyl (C=O) groups excluding carboxylic acids is 1. The summed E-state index contributed by atoms with van der Waals surface area (Å²) in [4.78, 5) is 24.6. The third kappa shape index (κ3) is 4.36. The first-order valence-corrected chi connectivity index (χ1v) is 6.54. The maximum Gasteiger partial charge on any atom is 0.303 e. The Balaban J connectivity index is 2.46. The van der Waals surface area contributed by atoms with Gasteiger partial charge < -0.3 is 10.0 Å². The molecule has 1 fully saturated rings. The van der Waals surface area contributed by atoms with Crippen LogP contribution in [0.2, 0.25) is 0 Å². The summed E-state index contributed by atoms with van der Waals surface area (Å²) >= 11 is 0. The zero-order valence-corrected chi connectivity index (χ0v) is 10.8. The summed E-state index contributed by atoms with van der Waals surface area (Å²) in [5, 5.41) is 8.61. The monoisotopic (exact) mass is 241 g/mol. The lowest BCUT2D eigenvalue weighted by atomic mass is 10.1. The molecule has 1 saturated carbocycles. The molecule has 1 rings (SSSR count). The number of hydrogen-bond acceptors (Lipinski definition) is 2. The minimum atomic E-state index is -0.790. The Morgan fingerprint density at radius 2 is 1.88 bits per heavy atom. The third-order valence-corrected chi connectivity index (χ3v) is 3.40. The maximum atomic E-state index is 12.2. The Kier molecular flexibility index (Phi) is 5.45. The summed E-state index contributed by atoms with van der Waals surface area (Å²) in [6, 6.07) is 0.164. The molecule has 4 heteroatoms. The fraction of sp³-hybridized carbons (Fsp3) is 0.846. The Morgan fingerprint density at radius 3 is 2.35 bits per heavy atom. The predicted octanol–water partition coefficient (Wildman–Crippen LogP) is 2.28. The molecule has 1 aliphatic rings. The Labute approximate surface area is 103 Å². The van der Waals surface area contributed by atoms with Crippen LogP contribution in [0.3, 0.4) is 0 Å². The molecule has 0 bridgehead atoms. The molecule has 0 spiro atoms. The summed E-state index contributed by atoms with van der Waals surface area (Å²) in [6.07, 6.45) is 4.99. The molecular formula is C13H23NO3. The number of nitrogens with zero attached hydrogens (tertiary/aromatic N) is 1. The van der Waals surface area contributed by atoms with Gasteiger partial charge >= 0.3 is 5.97 Å². The van der Waals surface area contributed by atoms with Gasteiger partial charge in [-0.05, 0) is 33.1 Å². The van der Waals surface area contributed by atoms with Crippen molar-refractivity contribution in [1.82, 2.24) is 4.90 Å². The fourth-order valence-electron chi connectivity index (χ4n) is 2.43. The van der Waals surface area contributed by atoms with Gasteiger partial charge in [0.25, 0.3) is 0 Å². The van der Waals surface area contributed by atoms with Crippen LogP contribution in [0.25, 0.3) is 0 Å². The topological polar surface area (TPSA) is 57.6 Å². The standard InChI is InChI=1S/C13H23NO3/c1-10(2)14(9-5-8-12(15)16)13(17)11-6-3-4-7-11/h10-11H,3-9H2,1-2H3,(H,15,16). The molecule has 0 radical (unpaired) electrons. The molecule has 0 unspecified atom stereocenters. The van der Waals surface area contributed by atoms with E-state index in [1.807, 2.05) is 18.7 Å². The fourth-order valence-corrected chi connectivity index (χ4v) is 2.43. The first kappa shape index (κ1) is 14.0. The highest BCUT2D eigenvalue weighted by Crippen LogP contribution is 2.27. The molecule has 0 heterocycles. The lowest BCUT2D eigenvalue weighted by molar-refractivity contribution is -0.140. The number of amides is 1. The number of aliphatic carboxylic acids is 1. The van der Waals surface area contributed by atoms with E-state index in [0.717, 1.165) is 25.7 Å². The molecule has 1 aliphatic carbocycles. The van der Waals surface area contributed by atoms with Crippen LogP contribution in [-0.2, 0) is 9.59 Å². The number of carboxylic acid groups (broad SMARTS) is 1. The van der Waals surface area contributed by atoms with Crippen LogP contribution in [0.5, 0.6) is 0 Å². The van der Waals surface area contributed by atoms with E-state index < -0.39 is 5.97 Å². The lowest BCUT2D eigenvalue weighted by Gasteiger charge is -2.29. The molecule has 98 valence electrons. The van der Waals surface area contributed by atoms with Crippen LogP contribution in [0.4, 0.5) is 0 Å². The average Bonchev–Trinajstić information content (AvgIpc) is 2.75. The van der Waals surface area contributed by atoms with Crippen LogP contribution >= 0.6 is 0 Å². The molecule has 4 nitrogen and oxygen atoms in total. The van der Waals surface area contributed by atoms with Gasteiger partial charge in [0.1, 0.15) is 0 Å². The second-order valence-electron chi connectivity index (χ2n) is 5.10.